The Labute approximate surface area is 157 Å². The largest absolute Gasteiger partial charge is 0.481 e. The number of rotatable bonds is 4. The van der Waals surface area contributed by atoms with Crippen molar-refractivity contribution in [3.63, 3.8) is 0 Å². The van der Waals surface area contributed by atoms with E-state index in [2.05, 4.69) is 0 Å². The first-order valence-electron chi connectivity index (χ1n) is 8.93. The average Bonchev–Trinajstić information content (AvgIpc) is 2.68. The smallest absolute Gasteiger partial charge is 0.235 e. The molecule has 0 saturated heterocycles. The van der Waals surface area contributed by atoms with Gasteiger partial charge in [0.15, 0.2) is 5.76 Å². The van der Waals surface area contributed by atoms with E-state index in [4.69, 9.17) is 9.15 Å². The minimum absolute atomic E-state index is 0.153. The lowest BCUT2D eigenvalue weighted by atomic mass is 10.1. The van der Waals surface area contributed by atoms with Gasteiger partial charge in [-0.2, -0.15) is 0 Å². The van der Waals surface area contributed by atoms with E-state index in [9.17, 15) is 4.79 Å². The number of para-hydroxylation sites is 1. The lowest BCUT2D eigenvalue weighted by Gasteiger charge is -2.12. The van der Waals surface area contributed by atoms with E-state index in [1.54, 1.807) is 12.1 Å². The lowest BCUT2D eigenvalue weighted by molar-refractivity contribution is 0.298. The molecule has 1 heterocycles. The Bertz CT molecular complexity index is 1150. The number of ether oxygens (including phenoxy) is 1. The van der Waals surface area contributed by atoms with Gasteiger partial charge in [0.2, 0.25) is 11.2 Å². The lowest BCUT2D eigenvalue weighted by Crippen LogP contribution is -2.10. The minimum atomic E-state index is -0.153. The molecular formula is C24H20O3. The van der Waals surface area contributed by atoms with Crippen LogP contribution < -0.4 is 10.2 Å². The summed E-state index contributed by atoms with van der Waals surface area (Å²) in [6.07, 6.45) is 0. The third-order valence-corrected chi connectivity index (χ3v) is 4.54. The van der Waals surface area contributed by atoms with Gasteiger partial charge in [-0.3, -0.25) is 4.79 Å². The van der Waals surface area contributed by atoms with E-state index in [0.29, 0.717) is 23.3 Å². The van der Waals surface area contributed by atoms with Crippen molar-refractivity contribution in [2.75, 3.05) is 0 Å². The van der Waals surface area contributed by atoms with Crippen molar-refractivity contribution in [2.24, 2.45) is 0 Å². The van der Waals surface area contributed by atoms with E-state index in [1.165, 1.54) is 0 Å². The highest BCUT2D eigenvalue weighted by Gasteiger charge is 2.17. The van der Waals surface area contributed by atoms with Crippen LogP contribution in [0.5, 0.6) is 5.75 Å². The van der Waals surface area contributed by atoms with Gasteiger partial charge in [-0.25, -0.2) is 0 Å². The minimum Gasteiger partial charge on any atom is -0.481 e. The van der Waals surface area contributed by atoms with E-state index < -0.39 is 0 Å². The summed E-state index contributed by atoms with van der Waals surface area (Å²) in [6.45, 7) is 4.37. The van der Waals surface area contributed by atoms with Crippen LogP contribution in [0.15, 0.2) is 82.0 Å². The molecule has 134 valence electrons. The van der Waals surface area contributed by atoms with Gasteiger partial charge in [-0.05, 0) is 31.5 Å². The molecule has 1 aromatic heterocycles. The molecule has 3 aromatic carbocycles. The van der Waals surface area contributed by atoms with E-state index in [0.717, 1.165) is 22.3 Å². The summed E-state index contributed by atoms with van der Waals surface area (Å²) >= 11 is 0. The molecule has 27 heavy (non-hydrogen) atoms. The zero-order valence-corrected chi connectivity index (χ0v) is 15.4. The van der Waals surface area contributed by atoms with Crippen molar-refractivity contribution in [2.45, 2.75) is 20.5 Å². The SMILES string of the molecule is Cc1ccc(-c2oc3ccccc3c(=O)c2OCc2cccc(C)c2)cc1. The zero-order chi connectivity index (χ0) is 18.8. The molecule has 4 rings (SSSR count). The molecule has 0 spiro atoms. The van der Waals surface area contributed by atoms with Gasteiger partial charge in [-0.15, -0.1) is 0 Å². The van der Waals surface area contributed by atoms with Crippen LogP contribution in [-0.2, 0) is 6.61 Å². The Morgan fingerprint density at radius 1 is 0.852 bits per heavy atom. The Morgan fingerprint density at radius 3 is 2.41 bits per heavy atom. The highest BCUT2D eigenvalue weighted by molar-refractivity contribution is 5.81. The number of aryl methyl sites for hydroxylation is 2. The quantitative estimate of drug-likeness (QED) is 0.474. The van der Waals surface area contributed by atoms with Crippen molar-refractivity contribution in [1.29, 1.82) is 0 Å². The third-order valence-electron chi connectivity index (χ3n) is 4.54. The predicted molar refractivity (Wildman–Crippen MR) is 108 cm³/mol. The molecule has 0 N–H and O–H groups in total. The summed E-state index contributed by atoms with van der Waals surface area (Å²) in [5, 5.41) is 0.521. The molecule has 3 heteroatoms. The molecule has 3 nitrogen and oxygen atoms in total. The average molecular weight is 356 g/mol. The highest BCUT2D eigenvalue weighted by atomic mass is 16.5. The molecule has 0 aliphatic carbocycles. The Balaban J connectivity index is 1.83. The van der Waals surface area contributed by atoms with Crippen LogP contribution >= 0.6 is 0 Å². The van der Waals surface area contributed by atoms with Gasteiger partial charge in [0, 0.05) is 5.56 Å². The van der Waals surface area contributed by atoms with E-state index in [-0.39, 0.29) is 11.2 Å². The van der Waals surface area contributed by atoms with Crippen LogP contribution in [0.2, 0.25) is 0 Å². The molecule has 0 radical (unpaired) electrons. The van der Waals surface area contributed by atoms with Crippen molar-refractivity contribution < 1.29 is 9.15 Å². The fraction of sp³-hybridized carbons (Fsp3) is 0.125. The summed E-state index contributed by atoms with van der Waals surface area (Å²) in [5.41, 5.74) is 4.53. The van der Waals surface area contributed by atoms with Crippen LogP contribution in [0.1, 0.15) is 16.7 Å². The predicted octanol–water partition coefficient (Wildman–Crippen LogP) is 5.66. The fourth-order valence-corrected chi connectivity index (χ4v) is 3.11. The van der Waals surface area contributed by atoms with E-state index in [1.807, 2.05) is 74.5 Å². The van der Waals surface area contributed by atoms with Crippen LogP contribution in [0.25, 0.3) is 22.3 Å². The first-order chi connectivity index (χ1) is 13.1. The van der Waals surface area contributed by atoms with Gasteiger partial charge >= 0.3 is 0 Å². The normalized spacial score (nSPS) is 10.9. The summed E-state index contributed by atoms with van der Waals surface area (Å²) < 4.78 is 12.1. The third kappa shape index (κ3) is 3.49. The molecule has 4 aromatic rings. The summed E-state index contributed by atoms with van der Waals surface area (Å²) in [7, 11) is 0. The van der Waals surface area contributed by atoms with Crippen molar-refractivity contribution in [3.8, 4) is 17.1 Å². The molecule has 0 atom stereocenters. The van der Waals surface area contributed by atoms with Gasteiger partial charge in [0.25, 0.3) is 0 Å². The van der Waals surface area contributed by atoms with Crippen molar-refractivity contribution >= 4 is 11.0 Å². The van der Waals surface area contributed by atoms with Gasteiger partial charge in [0.1, 0.15) is 12.2 Å². The Kier molecular flexibility index (Phi) is 4.51. The second kappa shape index (κ2) is 7.12. The Morgan fingerprint density at radius 2 is 1.63 bits per heavy atom. The summed E-state index contributed by atoms with van der Waals surface area (Å²) in [6, 6.07) is 23.2. The highest BCUT2D eigenvalue weighted by Crippen LogP contribution is 2.31. The standard InChI is InChI=1S/C24H20O3/c1-16-10-12-19(13-11-16)23-24(26-15-18-7-5-6-17(2)14-18)22(25)20-8-3-4-9-21(20)27-23/h3-14H,15H2,1-2H3. The van der Waals surface area contributed by atoms with Crippen molar-refractivity contribution in [1.82, 2.24) is 0 Å². The molecule has 0 fully saturated rings. The maximum atomic E-state index is 13.1. The maximum absolute atomic E-state index is 13.1. The van der Waals surface area contributed by atoms with Crippen LogP contribution in [0.3, 0.4) is 0 Å². The van der Waals surface area contributed by atoms with E-state index >= 15 is 0 Å². The summed E-state index contributed by atoms with van der Waals surface area (Å²) in [5.74, 6) is 0.713. The topological polar surface area (TPSA) is 39.4 Å². The number of fused-ring (bicyclic) bond motifs is 1. The van der Waals surface area contributed by atoms with Crippen molar-refractivity contribution in [3.05, 3.63) is 99.7 Å². The second-order valence-electron chi connectivity index (χ2n) is 6.73. The van der Waals surface area contributed by atoms with Crippen LogP contribution in [0, 0.1) is 13.8 Å². The number of hydrogen-bond donors (Lipinski definition) is 0. The summed E-state index contributed by atoms with van der Waals surface area (Å²) in [4.78, 5) is 13.1. The molecule has 0 aliphatic rings. The maximum Gasteiger partial charge on any atom is 0.235 e. The van der Waals surface area contributed by atoms with Gasteiger partial charge in [-0.1, -0.05) is 71.8 Å². The van der Waals surface area contributed by atoms with Gasteiger partial charge in [0.05, 0.1) is 5.39 Å². The molecule has 0 amide bonds. The number of hydrogen-bond acceptors (Lipinski definition) is 3. The molecule has 0 bridgehead atoms. The molecule has 0 aliphatic heterocycles. The number of benzene rings is 3. The zero-order valence-electron chi connectivity index (χ0n) is 15.4. The molecule has 0 unspecified atom stereocenters. The monoisotopic (exact) mass is 356 g/mol. The molecule has 0 saturated carbocycles. The second-order valence-corrected chi connectivity index (χ2v) is 6.73. The fourth-order valence-electron chi connectivity index (χ4n) is 3.11. The molecular weight excluding hydrogens is 336 g/mol. The first-order valence-corrected chi connectivity index (χ1v) is 8.93. The van der Waals surface area contributed by atoms with Gasteiger partial charge < -0.3 is 9.15 Å². The first kappa shape index (κ1) is 17.1. The van der Waals surface area contributed by atoms with Crippen LogP contribution in [0.4, 0.5) is 0 Å². The van der Waals surface area contributed by atoms with Crippen LogP contribution in [-0.4, -0.2) is 0 Å². The Hall–Kier alpha value is -3.33.